The molecule has 0 radical (unpaired) electrons. The molecule has 1 N–H and O–H groups in total. The molecular formula is C23H26N2O5. The van der Waals surface area contributed by atoms with E-state index in [9.17, 15) is 9.59 Å². The van der Waals surface area contributed by atoms with Gasteiger partial charge in [-0.3, -0.25) is 4.79 Å². The summed E-state index contributed by atoms with van der Waals surface area (Å²) in [6.07, 6.45) is 2.80. The van der Waals surface area contributed by atoms with Crippen LogP contribution in [-0.4, -0.2) is 36.3 Å². The number of rotatable bonds is 5. The summed E-state index contributed by atoms with van der Waals surface area (Å²) in [6, 6.07) is 15.1. The third kappa shape index (κ3) is 5.17. The maximum Gasteiger partial charge on any atom is 0.410 e. The number of nitrogens with zero attached hydrogens (tertiary/aromatic N) is 1. The van der Waals surface area contributed by atoms with Crippen molar-refractivity contribution in [3.63, 3.8) is 0 Å². The fourth-order valence-electron chi connectivity index (χ4n) is 3.64. The summed E-state index contributed by atoms with van der Waals surface area (Å²) < 4.78 is 10.9. The molecule has 0 bridgehead atoms. The molecule has 4 rings (SSSR count). The molecule has 1 unspecified atom stereocenters. The molecule has 0 aliphatic carbocycles. The number of carbonyl (C=O) groups excluding carboxylic acids is 2. The monoisotopic (exact) mass is 410 g/mol. The second kappa shape index (κ2) is 9.73. The van der Waals surface area contributed by atoms with Crippen molar-refractivity contribution < 1.29 is 23.9 Å². The van der Waals surface area contributed by atoms with Gasteiger partial charge in [-0.15, -0.1) is 0 Å². The van der Waals surface area contributed by atoms with Crippen LogP contribution in [0.4, 0.5) is 4.79 Å². The highest BCUT2D eigenvalue weighted by molar-refractivity contribution is 5.93. The zero-order chi connectivity index (χ0) is 20.8. The van der Waals surface area contributed by atoms with E-state index < -0.39 is 0 Å². The molecule has 1 fully saturated rings. The molecule has 2 heterocycles. The molecule has 0 spiro atoms. The molecule has 0 saturated carbocycles. The zero-order valence-electron chi connectivity index (χ0n) is 16.8. The number of hydroxylamine groups is 1. The van der Waals surface area contributed by atoms with Crippen LogP contribution in [0.2, 0.25) is 0 Å². The lowest BCUT2D eigenvalue weighted by molar-refractivity contribution is -0.186. The van der Waals surface area contributed by atoms with Crippen LogP contribution in [-0.2, 0) is 33.9 Å². The molecular weight excluding hydrogens is 384 g/mol. The van der Waals surface area contributed by atoms with Gasteiger partial charge in [-0.2, -0.15) is 0 Å². The summed E-state index contributed by atoms with van der Waals surface area (Å²) in [4.78, 5) is 31.8. The van der Waals surface area contributed by atoms with E-state index in [4.69, 9.17) is 14.3 Å². The van der Waals surface area contributed by atoms with Crippen LogP contribution in [0.5, 0.6) is 0 Å². The molecule has 7 nitrogen and oxygen atoms in total. The van der Waals surface area contributed by atoms with Gasteiger partial charge in [0, 0.05) is 31.7 Å². The van der Waals surface area contributed by atoms with E-state index in [0.29, 0.717) is 31.7 Å². The number of carbonyl (C=O) groups is 2. The first-order valence-corrected chi connectivity index (χ1v) is 10.3. The summed E-state index contributed by atoms with van der Waals surface area (Å²) in [7, 11) is 0. The highest BCUT2D eigenvalue weighted by Crippen LogP contribution is 2.21. The third-order valence-electron chi connectivity index (χ3n) is 5.37. The van der Waals surface area contributed by atoms with Crippen molar-refractivity contribution in [2.45, 2.75) is 45.1 Å². The average molecular weight is 410 g/mol. The van der Waals surface area contributed by atoms with Crippen LogP contribution < -0.4 is 5.48 Å². The predicted molar refractivity (Wildman–Crippen MR) is 109 cm³/mol. The van der Waals surface area contributed by atoms with E-state index in [1.807, 2.05) is 42.5 Å². The molecule has 2 aliphatic heterocycles. The van der Waals surface area contributed by atoms with Crippen LogP contribution >= 0.6 is 0 Å². The van der Waals surface area contributed by atoms with Crippen molar-refractivity contribution in [3.05, 3.63) is 70.8 Å². The van der Waals surface area contributed by atoms with E-state index in [0.717, 1.165) is 36.0 Å². The Morgan fingerprint density at radius 2 is 1.97 bits per heavy atom. The van der Waals surface area contributed by atoms with Gasteiger partial charge in [-0.25, -0.2) is 15.1 Å². The minimum absolute atomic E-state index is 0.257. The largest absolute Gasteiger partial charge is 0.445 e. The van der Waals surface area contributed by atoms with Gasteiger partial charge >= 0.3 is 6.09 Å². The van der Waals surface area contributed by atoms with Crippen molar-refractivity contribution in [2.24, 2.45) is 0 Å². The van der Waals surface area contributed by atoms with E-state index in [1.54, 1.807) is 11.0 Å². The molecule has 158 valence electrons. The lowest BCUT2D eigenvalue weighted by Gasteiger charge is -2.28. The number of ether oxygens (including phenoxy) is 2. The quantitative estimate of drug-likeness (QED) is 0.763. The standard InChI is InChI=1S/C23H26N2O5/c26-22(24-30-21-8-4-5-13-28-21)19-9-10-20-15-25(12-11-18(20)14-19)23(27)29-16-17-6-2-1-3-7-17/h1-3,6-7,9-10,14,21H,4-5,8,11-13,15-16H2,(H,24,26). The van der Waals surface area contributed by atoms with Gasteiger partial charge in [0.05, 0.1) is 0 Å². The molecule has 2 aromatic carbocycles. The van der Waals surface area contributed by atoms with E-state index in [-0.39, 0.29) is 24.9 Å². The maximum absolute atomic E-state index is 12.4. The summed E-state index contributed by atoms with van der Waals surface area (Å²) in [5, 5.41) is 0. The van der Waals surface area contributed by atoms with Crippen LogP contribution in [0, 0.1) is 0 Å². The highest BCUT2D eigenvalue weighted by Gasteiger charge is 2.23. The Kier molecular flexibility index (Phi) is 6.61. The van der Waals surface area contributed by atoms with Gasteiger partial charge in [0.1, 0.15) is 6.61 Å². The number of hydrogen-bond donors (Lipinski definition) is 1. The number of fused-ring (bicyclic) bond motifs is 1. The number of benzene rings is 2. The third-order valence-corrected chi connectivity index (χ3v) is 5.37. The first-order chi connectivity index (χ1) is 14.7. The molecule has 30 heavy (non-hydrogen) atoms. The number of amides is 2. The smallest absolute Gasteiger partial charge is 0.410 e. The van der Waals surface area contributed by atoms with Crippen molar-refractivity contribution in [2.75, 3.05) is 13.2 Å². The van der Waals surface area contributed by atoms with Crippen molar-refractivity contribution in [1.82, 2.24) is 10.4 Å². The normalized spacial score (nSPS) is 18.4. The Balaban J connectivity index is 1.30. The fraction of sp³-hybridized carbons (Fsp3) is 0.391. The summed E-state index contributed by atoms with van der Waals surface area (Å²) in [5.74, 6) is -0.295. The predicted octanol–water partition coefficient (Wildman–Crippen LogP) is 3.57. The van der Waals surface area contributed by atoms with E-state index in [1.165, 1.54) is 0 Å². The van der Waals surface area contributed by atoms with E-state index >= 15 is 0 Å². The summed E-state index contributed by atoms with van der Waals surface area (Å²) in [6.45, 7) is 1.94. The van der Waals surface area contributed by atoms with Gasteiger partial charge < -0.3 is 14.4 Å². The van der Waals surface area contributed by atoms with Crippen LogP contribution in [0.1, 0.15) is 46.3 Å². The first-order valence-electron chi connectivity index (χ1n) is 10.3. The Bertz CT molecular complexity index is 880. The molecule has 2 aromatic rings. The molecule has 2 amide bonds. The SMILES string of the molecule is O=C(NOC1CCCCO1)c1ccc2c(c1)CCN(C(=O)OCc1ccccc1)C2. The summed E-state index contributed by atoms with van der Waals surface area (Å²) in [5.41, 5.74) is 6.05. The molecule has 2 aliphatic rings. The number of nitrogens with one attached hydrogen (secondary N) is 1. The Hall–Kier alpha value is -2.90. The second-order valence-electron chi connectivity index (χ2n) is 7.54. The second-order valence-corrected chi connectivity index (χ2v) is 7.54. The molecule has 1 saturated heterocycles. The van der Waals surface area contributed by atoms with Gasteiger partial charge in [-0.05, 0) is 48.1 Å². The molecule has 1 atom stereocenters. The average Bonchev–Trinajstić information content (AvgIpc) is 2.81. The highest BCUT2D eigenvalue weighted by atomic mass is 16.8. The van der Waals surface area contributed by atoms with Crippen LogP contribution in [0.3, 0.4) is 0 Å². The lowest BCUT2D eigenvalue weighted by atomic mass is 9.97. The topological polar surface area (TPSA) is 77.1 Å². The van der Waals surface area contributed by atoms with Crippen LogP contribution in [0.25, 0.3) is 0 Å². The molecule has 7 heteroatoms. The van der Waals surface area contributed by atoms with Gasteiger partial charge in [-0.1, -0.05) is 36.4 Å². The van der Waals surface area contributed by atoms with Gasteiger partial charge in [0.15, 0.2) is 6.29 Å². The van der Waals surface area contributed by atoms with Crippen LogP contribution in [0.15, 0.2) is 48.5 Å². The van der Waals surface area contributed by atoms with Crippen molar-refractivity contribution >= 4 is 12.0 Å². The fourth-order valence-corrected chi connectivity index (χ4v) is 3.64. The first kappa shape index (κ1) is 20.4. The van der Waals surface area contributed by atoms with Crippen molar-refractivity contribution in [3.8, 4) is 0 Å². The lowest BCUT2D eigenvalue weighted by Crippen LogP contribution is -2.36. The maximum atomic E-state index is 12.4. The summed E-state index contributed by atoms with van der Waals surface area (Å²) >= 11 is 0. The van der Waals surface area contributed by atoms with Gasteiger partial charge in [0.25, 0.3) is 5.91 Å². The zero-order valence-corrected chi connectivity index (χ0v) is 16.8. The van der Waals surface area contributed by atoms with E-state index in [2.05, 4.69) is 5.48 Å². The van der Waals surface area contributed by atoms with Crippen molar-refractivity contribution in [1.29, 1.82) is 0 Å². The Morgan fingerprint density at radius 1 is 1.10 bits per heavy atom. The van der Waals surface area contributed by atoms with Gasteiger partial charge in [0.2, 0.25) is 0 Å². The number of hydrogen-bond acceptors (Lipinski definition) is 5. The Labute approximate surface area is 175 Å². The molecule has 0 aromatic heterocycles. The minimum atomic E-state index is -0.379. The minimum Gasteiger partial charge on any atom is -0.445 e. The Morgan fingerprint density at radius 3 is 2.77 bits per heavy atom.